The van der Waals surface area contributed by atoms with E-state index in [0.717, 1.165) is 12.2 Å². The first kappa shape index (κ1) is 12.8. The van der Waals surface area contributed by atoms with E-state index in [1.54, 1.807) is 0 Å². The van der Waals surface area contributed by atoms with Crippen LogP contribution < -0.4 is 5.73 Å². The Labute approximate surface area is 109 Å². The van der Waals surface area contributed by atoms with Crippen molar-refractivity contribution in [2.24, 2.45) is 5.73 Å². The average molecular weight is 243 g/mol. The van der Waals surface area contributed by atoms with Crippen molar-refractivity contribution < 1.29 is 0 Å². The first-order chi connectivity index (χ1) is 8.63. The van der Waals surface area contributed by atoms with E-state index in [2.05, 4.69) is 54.8 Å². The molecule has 1 unspecified atom stereocenters. The largest absolute Gasteiger partial charge is 0.330 e. The van der Waals surface area contributed by atoms with Gasteiger partial charge in [-0.3, -0.25) is 4.68 Å². The number of nitrogens with zero attached hydrogens (tertiary/aromatic N) is 2. The normalized spacial score (nSPS) is 12.7. The lowest BCUT2D eigenvalue weighted by Gasteiger charge is -2.16. The van der Waals surface area contributed by atoms with E-state index in [1.165, 1.54) is 16.8 Å². The highest BCUT2D eigenvalue weighted by atomic mass is 15.3. The van der Waals surface area contributed by atoms with Gasteiger partial charge in [0.25, 0.3) is 0 Å². The molecule has 1 heterocycles. The lowest BCUT2D eigenvalue weighted by molar-refractivity contribution is 0.509. The van der Waals surface area contributed by atoms with Gasteiger partial charge in [-0.1, -0.05) is 30.3 Å². The minimum Gasteiger partial charge on any atom is -0.330 e. The summed E-state index contributed by atoms with van der Waals surface area (Å²) < 4.78 is 2.08. The van der Waals surface area contributed by atoms with Gasteiger partial charge in [-0.15, -0.1) is 0 Å². The zero-order valence-corrected chi connectivity index (χ0v) is 11.4. The molecular formula is C15H21N3. The van der Waals surface area contributed by atoms with Crippen LogP contribution in [0, 0.1) is 20.8 Å². The Morgan fingerprint density at radius 3 is 2.33 bits per heavy atom. The highest BCUT2D eigenvalue weighted by molar-refractivity contribution is 5.24. The summed E-state index contributed by atoms with van der Waals surface area (Å²) in [6, 6.07) is 10.4. The van der Waals surface area contributed by atoms with Gasteiger partial charge < -0.3 is 5.73 Å². The molecule has 0 radical (unpaired) electrons. The molecule has 2 aromatic rings. The molecule has 2 N–H and O–H groups in total. The van der Waals surface area contributed by atoms with Crippen LogP contribution in [0.1, 0.15) is 28.4 Å². The SMILES string of the molecule is Cc1nn(CC(CN)c2ccccc2)c(C)c1C. The van der Waals surface area contributed by atoms with Crippen molar-refractivity contribution in [2.45, 2.75) is 33.2 Å². The molecule has 0 fully saturated rings. The smallest absolute Gasteiger partial charge is 0.0625 e. The van der Waals surface area contributed by atoms with Crippen molar-refractivity contribution in [3.63, 3.8) is 0 Å². The highest BCUT2D eigenvalue weighted by Gasteiger charge is 2.14. The highest BCUT2D eigenvalue weighted by Crippen LogP contribution is 2.19. The van der Waals surface area contributed by atoms with Crippen LogP contribution in [-0.2, 0) is 6.54 Å². The minimum atomic E-state index is 0.323. The number of aryl methyl sites for hydroxylation is 1. The topological polar surface area (TPSA) is 43.8 Å². The predicted molar refractivity (Wildman–Crippen MR) is 74.7 cm³/mol. The molecule has 0 bridgehead atoms. The van der Waals surface area contributed by atoms with Crippen molar-refractivity contribution in [3.8, 4) is 0 Å². The summed E-state index contributed by atoms with van der Waals surface area (Å²) in [7, 11) is 0. The first-order valence-corrected chi connectivity index (χ1v) is 6.39. The van der Waals surface area contributed by atoms with E-state index < -0.39 is 0 Å². The van der Waals surface area contributed by atoms with Gasteiger partial charge >= 0.3 is 0 Å². The Morgan fingerprint density at radius 2 is 1.83 bits per heavy atom. The predicted octanol–water partition coefficient (Wildman–Crippen LogP) is 2.55. The fraction of sp³-hybridized carbons (Fsp3) is 0.400. The molecule has 0 amide bonds. The summed E-state index contributed by atoms with van der Waals surface area (Å²) >= 11 is 0. The summed E-state index contributed by atoms with van der Waals surface area (Å²) in [5, 5.41) is 4.58. The number of hydrogen-bond donors (Lipinski definition) is 1. The van der Waals surface area contributed by atoms with Crippen LogP contribution in [0.2, 0.25) is 0 Å². The zero-order valence-electron chi connectivity index (χ0n) is 11.4. The number of hydrogen-bond acceptors (Lipinski definition) is 2. The third-order valence-electron chi connectivity index (χ3n) is 3.69. The second kappa shape index (κ2) is 5.36. The molecule has 0 aliphatic heterocycles. The first-order valence-electron chi connectivity index (χ1n) is 6.39. The van der Waals surface area contributed by atoms with Crippen LogP contribution in [0.3, 0.4) is 0 Å². The van der Waals surface area contributed by atoms with Crippen molar-refractivity contribution in [1.29, 1.82) is 0 Å². The maximum atomic E-state index is 5.91. The molecule has 1 atom stereocenters. The monoisotopic (exact) mass is 243 g/mol. The van der Waals surface area contributed by atoms with Gasteiger partial charge in [-0.25, -0.2) is 0 Å². The summed E-state index contributed by atoms with van der Waals surface area (Å²) in [6.07, 6.45) is 0. The molecule has 3 nitrogen and oxygen atoms in total. The van der Waals surface area contributed by atoms with E-state index in [9.17, 15) is 0 Å². The maximum absolute atomic E-state index is 5.91. The van der Waals surface area contributed by atoms with Gasteiger partial charge in [0, 0.05) is 24.7 Å². The second-order valence-corrected chi connectivity index (χ2v) is 4.82. The lowest BCUT2D eigenvalue weighted by Crippen LogP contribution is -2.19. The van der Waals surface area contributed by atoms with Crippen LogP contribution in [-0.4, -0.2) is 16.3 Å². The average Bonchev–Trinajstić information content (AvgIpc) is 2.64. The van der Waals surface area contributed by atoms with Gasteiger partial charge in [-0.2, -0.15) is 5.10 Å². The number of nitrogens with two attached hydrogens (primary N) is 1. The Hall–Kier alpha value is -1.61. The zero-order chi connectivity index (χ0) is 13.1. The number of rotatable bonds is 4. The fourth-order valence-electron chi connectivity index (χ4n) is 2.21. The van der Waals surface area contributed by atoms with E-state index in [1.807, 2.05) is 6.07 Å². The van der Waals surface area contributed by atoms with Crippen molar-refractivity contribution in [3.05, 3.63) is 52.8 Å². The third kappa shape index (κ3) is 2.46. The van der Waals surface area contributed by atoms with Gasteiger partial charge in [0.15, 0.2) is 0 Å². The van der Waals surface area contributed by atoms with E-state index in [0.29, 0.717) is 12.5 Å². The third-order valence-corrected chi connectivity index (χ3v) is 3.69. The van der Waals surface area contributed by atoms with Crippen molar-refractivity contribution in [1.82, 2.24) is 9.78 Å². The Morgan fingerprint density at radius 1 is 1.17 bits per heavy atom. The van der Waals surface area contributed by atoms with Crippen molar-refractivity contribution in [2.75, 3.05) is 6.54 Å². The van der Waals surface area contributed by atoms with E-state index in [-0.39, 0.29) is 0 Å². The molecule has 0 saturated carbocycles. The summed E-state index contributed by atoms with van der Waals surface area (Å²) in [5.41, 5.74) is 10.8. The molecule has 3 heteroatoms. The summed E-state index contributed by atoms with van der Waals surface area (Å²) in [5.74, 6) is 0.323. The molecule has 2 rings (SSSR count). The summed E-state index contributed by atoms with van der Waals surface area (Å²) in [4.78, 5) is 0. The van der Waals surface area contributed by atoms with Gasteiger partial charge in [0.05, 0.1) is 5.69 Å². The van der Waals surface area contributed by atoms with Gasteiger partial charge in [-0.05, 0) is 31.9 Å². The molecule has 96 valence electrons. The van der Waals surface area contributed by atoms with Crippen LogP contribution in [0.25, 0.3) is 0 Å². The summed E-state index contributed by atoms with van der Waals surface area (Å²) in [6.45, 7) is 7.78. The molecule has 18 heavy (non-hydrogen) atoms. The number of benzene rings is 1. The fourth-order valence-corrected chi connectivity index (χ4v) is 2.21. The molecule has 0 aliphatic carbocycles. The second-order valence-electron chi connectivity index (χ2n) is 4.82. The van der Waals surface area contributed by atoms with Crippen LogP contribution in [0.15, 0.2) is 30.3 Å². The lowest BCUT2D eigenvalue weighted by atomic mass is 9.99. The van der Waals surface area contributed by atoms with Crippen molar-refractivity contribution >= 4 is 0 Å². The van der Waals surface area contributed by atoms with Crippen LogP contribution >= 0.6 is 0 Å². The number of aromatic nitrogens is 2. The minimum absolute atomic E-state index is 0.323. The molecule has 0 saturated heterocycles. The molecular weight excluding hydrogens is 222 g/mol. The Bertz CT molecular complexity index is 514. The van der Waals surface area contributed by atoms with E-state index >= 15 is 0 Å². The van der Waals surface area contributed by atoms with Crippen LogP contribution in [0.4, 0.5) is 0 Å². The standard InChI is InChI=1S/C15H21N3/c1-11-12(2)17-18(13(11)3)10-15(9-16)14-7-5-4-6-8-14/h4-8,15H,9-10,16H2,1-3H3. The Kier molecular flexibility index (Phi) is 3.82. The molecule has 1 aromatic carbocycles. The van der Waals surface area contributed by atoms with E-state index in [4.69, 9.17) is 5.73 Å². The van der Waals surface area contributed by atoms with Gasteiger partial charge in [0.2, 0.25) is 0 Å². The quantitative estimate of drug-likeness (QED) is 0.897. The maximum Gasteiger partial charge on any atom is 0.0625 e. The molecule has 0 spiro atoms. The molecule has 0 aliphatic rings. The molecule has 1 aromatic heterocycles. The van der Waals surface area contributed by atoms with Gasteiger partial charge in [0.1, 0.15) is 0 Å². The van der Waals surface area contributed by atoms with Crippen LogP contribution in [0.5, 0.6) is 0 Å². The Balaban J connectivity index is 2.23.